The van der Waals surface area contributed by atoms with E-state index in [1.165, 1.54) is 4.68 Å². The third-order valence-electron chi connectivity index (χ3n) is 6.09. The molecule has 2 fully saturated rings. The summed E-state index contributed by atoms with van der Waals surface area (Å²) in [6, 6.07) is 3.07. The van der Waals surface area contributed by atoms with E-state index in [9.17, 15) is 17.6 Å². The molecule has 2 aromatic heterocycles. The van der Waals surface area contributed by atoms with Crippen molar-refractivity contribution < 1.29 is 26.8 Å². The summed E-state index contributed by atoms with van der Waals surface area (Å²) >= 11 is 0. The third kappa shape index (κ3) is 4.18. The highest BCUT2D eigenvalue weighted by Gasteiger charge is 2.44. The number of fused-ring (bicyclic) bond motifs is 2. The lowest BCUT2D eigenvalue weighted by atomic mass is 9.92. The van der Waals surface area contributed by atoms with E-state index >= 15 is 0 Å². The van der Waals surface area contributed by atoms with Crippen LogP contribution in [0.5, 0.6) is 11.8 Å². The fraction of sp³-hybridized carbons (Fsp3) is 0.500. The summed E-state index contributed by atoms with van der Waals surface area (Å²) in [4.78, 5) is 10.7. The molecule has 3 atom stereocenters. The van der Waals surface area contributed by atoms with Crippen molar-refractivity contribution in [1.29, 1.82) is 0 Å². The van der Waals surface area contributed by atoms with Crippen LogP contribution in [0, 0.1) is 24.6 Å². The van der Waals surface area contributed by atoms with Gasteiger partial charge >= 0.3 is 18.2 Å². The largest absolute Gasteiger partial charge is 0.424 e. The maximum Gasteiger partial charge on any atom is 0.419 e. The van der Waals surface area contributed by atoms with Crippen molar-refractivity contribution in [2.24, 2.45) is 18.9 Å². The first-order valence-electron chi connectivity index (χ1n) is 10.4. The van der Waals surface area contributed by atoms with Crippen LogP contribution in [0.15, 0.2) is 22.7 Å². The van der Waals surface area contributed by atoms with Crippen molar-refractivity contribution >= 4 is 12.0 Å². The number of hydrogen-bond acceptors (Lipinski definition) is 8. The second kappa shape index (κ2) is 7.89. The molecule has 1 aliphatic carbocycles. The molecular formula is C20H21F4N7O2. The smallest absolute Gasteiger partial charge is 0.419 e. The summed E-state index contributed by atoms with van der Waals surface area (Å²) < 4.78 is 64.5. The molecule has 1 unspecified atom stereocenters. The van der Waals surface area contributed by atoms with Crippen LogP contribution in [0.1, 0.15) is 24.2 Å². The Morgan fingerprint density at radius 1 is 1.15 bits per heavy atom. The molecule has 9 nitrogen and oxygen atoms in total. The Bertz CT molecular complexity index is 1150. The van der Waals surface area contributed by atoms with Crippen molar-refractivity contribution in [1.82, 2.24) is 24.9 Å². The highest BCUT2D eigenvalue weighted by molar-refractivity contribution is 5.36. The van der Waals surface area contributed by atoms with Gasteiger partial charge in [-0.15, -0.1) is 5.10 Å². The molecule has 1 aromatic carbocycles. The monoisotopic (exact) mass is 467 g/mol. The lowest BCUT2D eigenvalue weighted by Gasteiger charge is -2.37. The van der Waals surface area contributed by atoms with Crippen molar-refractivity contribution in [3.63, 3.8) is 0 Å². The molecule has 3 heterocycles. The van der Waals surface area contributed by atoms with Crippen molar-refractivity contribution in [2.75, 3.05) is 23.3 Å². The number of nitrogens with one attached hydrogen (secondary N) is 1. The standard InChI is InChI=1S/C20H21F4N7O2/c1-10-25-19(33-29-10)31-8-11-3-4-12(9-31)16(11)26-17-27-18(30(2)28-17)32-13-5-6-15(21)14(7-13)20(22,23)24/h5-7,11-12,16H,3-4,8-9H2,1-2H3,(H,26,28)/t11-,12+,16?. The number of nitrogens with zero attached hydrogens (tertiary/aromatic N) is 6. The SMILES string of the molecule is Cc1noc(N2C[C@H]3CC[C@@H](C2)C3Nc2nc(Oc3ccc(F)c(C(F)(F)F)c3)n(C)n2)n1. The first kappa shape index (κ1) is 21.5. The normalized spacial score (nSPS) is 22.6. The van der Waals surface area contributed by atoms with E-state index < -0.39 is 17.6 Å². The van der Waals surface area contributed by atoms with Crippen LogP contribution in [0.3, 0.4) is 0 Å². The molecule has 3 aromatic rings. The van der Waals surface area contributed by atoms with Crippen LogP contribution < -0.4 is 15.0 Å². The topological polar surface area (TPSA) is 94.1 Å². The van der Waals surface area contributed by atoms with Gasteiger partial charge in [0.1, 0.15) is 11.6 Å². The Balaban J connectivity index is 1.28. The molecule has 5 rings (SSSR count). The Kier molecular flexibility index (Phi) is 5.13. The lowest BCUT2D eigenvalue weighted by Crippen LogP contribution is -2.48. The van der Waals surface area contributed by atoms with Gasteiger partial charge in [-0.2, -0.15) is 23.1 Å². The van der Waals surface area contributed by atoms with Gasteiger partial charge in [0.25, 0.3) is 0 Å². The summed E-state index contributed by atoms with van der Waals surface area (Å²) in [6.07, 6.45) is -2.78. The molecule has 0 amide bonds. The van der Waals surface area contributed by atoms with Crippen molar-refractivity contribution in [3.05, 3.63) is 35.4 Å². The predicted molar refractivity (Wildman–Crippen MR) is 107 cm³/mol. The van der Waals surface area contributed by atoms with Crippen LogP contribution in [0.2, 0.25) is 0 Å². The number of anilines is 2. The minimum atomic E-state index is -4.83. The highest BCUT2D eigenvalue weighted by Crippen LogP contribution is 2.40. The summed E-state index contributed by atoms with van der Waals surface area (Å²) in [7, 11) is 1.57. The molecule has 2 bridgehead atoms. The molecule has 0 spiro atoms. The summed E-state index contributed by atoms with van der Waals surface area (Å²) in [5, 5.41) is 11.5. The van der Waals surface area contributed by atoms with Crippen LogP contribution in [0.25, 0.3) is 0 Å². The fourth-order valence-electron chi connectivity index (χ4n) is 4.59. The Morgan fingerprint density at radius 3 is 2.52 bits per heavy atom. The Labute approximate surface area is 185 Å². The second-order valence-corrected chi connectivity index (χ2v) is 8.38. The van der Waals surface area contributed by atoms with Crippen LogP contribution in [0.4, 0.5) is 29.5 Å². The number of aromatic nitrogens is 5. The maximum atomic E-state index is 13.5. The van der Waals surface area contributed by atoms with Crippen molar-refractivity contribution in [3.8, 4) is 11.8 Å². The van der Waals surface area contributed by atoms with Gasteiger partial charge in [0.05, 0.1) is 5.56 Å². The first-order chi connectivity index (χ1) is 15.7. The van der Waals surface area contributed by atoms with Crippen LogP contribution in [-0.4, -0.2) is 44.0 Å². The number of ether oxygens (including phenoxy) is 1. The molecular weight excluding hydrogens is 446 g/mol. The minimum absolute atomic E-state index is 0.0108. The molecule has 33 heavy (non-hydrogen) atoms. The van der Waals surface area contributed by atoms with Gasteiger partial charge in [0, 0.05) is 26.2 Å². The second-order valence-electron chi connectivity index (χ2n) is 8.38. The minimum Gasteiger partial charge on any atom is -0.424 e. The molecule has 2 aliphatic rings. The summed E-state index contributed by atoms with van der Waals surface area (Å²) in [6.45, 7) is 3.28. The Hall–Kier alpha value is -3.38. The van der Waals surface area contributed by atoms with E-state index in [4.69, 9.17) is 9.26 Å². The van der Waals surface area contributed by atoms with Gasteiger partial charge in [0.15, 0.2) is 5.82 Å². The van der Waals surface area contributed by atoms with Gasteiger partial charge in [-0.25, -0.2) is 9.07 Å². The fourth-order valence-corrected chi connectivity index (χ4v) is 4.59. The number of benzene rings is 1. The quantitative estimate of drug-likeness (QED) is 0.567. The van der Waals surface area contributed by atoms with Crippen molar-refractivity contribution in [2.45, 2.75) is 32.0 Å². The van der Waals surface area contributed by atoms with Gasteiger partial charge in [-0.05, 0) is 49.8 Å². The summed E-state index contributed by atoms with van der Waals surface area (Å²) in [5.41, 5.74) is -1.40. The van der Waals surface area contributed by atoms with E-state index in [-0.39, 0.29) is 17.8 Å². The zero-order chi connectivity index (χ0) is 23.3. The third-order valence-corrected chi connectivity index (χ3v) is 6.09. The van der Waals surface area contributed by atoms with E-state index in [2.05, 4.69) is 30.4 Å². The first-order valence-corrected chi connectivity index (χ1v) is 10.4. The average molecular weight is 467 g/mol. The maximum absolute atomic E-state index is 13.5. The lowest BCUT2D eigenvalue weighted by molar-refractivity contribution is -0.140. The van der Waals surface area contributed by atoms with Gasteiger partial charge < -0.3 is 19.5 Å². The highest BCUT2D eigenvalue weighted by atomic mass is 19.4. The van der Waals surface area contributed by atoms with Gasteiger partial charge in [0.2, 0.25) is 5.95 Å². The number of halogens is 4. The van der Waals surface area contributed by atoms with Gasteiger partial charge in [-0.1, -0.05) is 5.16 Å². The Morgan fingerprint density at radius 2 is 1.88 bits per heavy atom. The molecule has 1 saturated heterocycles. The van der Waals surface area contributed by atoms with Crippen LogP contribution >= 0.6 is 0 Å². The number of rotatable bonds is 5. The zero-order valence-corrected chi connectivity index (χ0v) is 17.8. The summed E-state index contributed by atoms with van der Waals surface area (Å²) in [5.74, 6) is -0.0196. The zero-order valence-electron chi connectivity index (χ0n) is 17.8. The number of aryl methyl sites for hydroxylation is 2. The molecule has 176 valence electrons. The molecule has 1 saturated carbocycles. The van der Waals surface area contributed by atoms with E-state index in [1.807, 2.05) is 0 Å². The number of alkyl halides is 3. The predicted octanol–water partition coefficient (Wildman–Crippen LogP) is 3.78. The molecule has 0 radical (unpaired) electrons. The average Bonchev–Trinajstić information content (AvgIpc) is 3.38. The number of piperidine rings is 1. The number of hydrogen-bond donors (Lipinski definition) is 1. The van der Waals surface area contributed by atoms with E-state index in [0.717, 1.165) is 32.0 Å². The molecule has 13 heteroatoms. The van der Waals surface area contributed by atoms with E-state index in [0.29, 0.717) is 41.8 Å². The van der Waals surface area contributed by atoms with Gasteiger partial charge in [-0.3, -0.25) is 0 Å². The molecule has 1 N–H and O–H groups in total. The van der Waals surface area contributed by atoms with E-state index in [1.54, 1.807) is 14.0 Å². The molecule has 1 aliphatic heterocycles. The van der Waals surface area contributed by atoms with Crippen LogP contribution in [-0.2, 0) is 13.2 Å².